The van der Waals surface area contributed by atoms with Gasteiger partial charge in [-0.1, -0.05) is 25.1 Å². The number of carbonyl (C=O) groups excluding carboxylic acids is 1. The highest BCUT2D eigenvalue weighted by atomic mass is 16.3. The molecule has 0 bridgehead atoms. The molecule has 3 aromatic rings. The van der Waals surface area contributed by atoms with Crippen molar-refractivity contribution in [1.29, 1.82) is 0 Å². The van der Waals surface area contributed by atoms with E-state index in [-0.39, 0.29) is 17.5 Å². The molecule has 0 amide bonds. The molecule has 4 rings (SSSR count). The van der Waals surface area contributed by atoms with Crippen molar-refractivity contribution >= 4 is 16.7 Å². The van der Waals surface area contributed by atoms with Gasteiger partial charge >= 0.3 is 0 Å². The molecule has 2 aromatic heterocycles. The molecule has 1 aromatic carbocycles. The first-order chi connectivity index (χ1) is 12.9. The van der Waals surface area contributed by atoms with Crippen LogP contribution >= 0.6 is 0 Å². The summed E-state index contributed by atoms with van der Waals surface area (Å²) in [6.07, 6.45) is 0.107. The van der Waals surface area contributed by atoms with Crippen LogP contribution in [0, 0.1) is 0 Å². The zero-order chi connectivity index (χ0) is 19.3. The summed E-state index contributed by atoms with van der Waals surface area (Å²) in [6.45, 7) is 2.76. The molecule has 2 N–H and O–H groups in total. The molecule has 6 nitrogen and oxygen atoms in total. The molecule has 1 aliphatic rings. The lowest BCUT2D eigenvalue weighted by Crippen LogP contribution is -2.38. The number of aliphatic hydroxyl groups excluding tert-OH is 1. The van der Waals surface area contributed by atoms with E-state index < -0.39 is 23.6 Å². The molecule has 0 spiro atoms. The Morgan fingerprint density at radius 2 is 2.04 bits per heavy atom. The third-order valence-corrected chi connectivity index (χ3v) is 5.47. The number of fused-ring (bicyclic) bond motifs is 4. The molecule has 0 fully saturated rings. The number of ketones is 1. The molecule has 1 aliphatic heterocycles. The van der Waals surface area contributed by atoms with Crippen LogP contribution in [0.15, 0.2) is 41.2 Å². The van der Waals surface area contributed by atoms with E-state index in [1.807, 2.05) is 30.3 Å². The standard InChI is InChI=1S/C21H20N2O4/c1-3-21(27,12(2)25)16-9-18-19-14(10-23(18)20(26)15(16)11-24)8-13-6-4-5-7-17(13)22-19/h4-9,24,27H,3,10-11H2,1-2H3/t21-/m1/s1. The van der Waals surface area contributed by atoms with Crippen LogP contribution in [0.1, 0.15) is 37.0 Å². The van der Waals surface area contributed by atoms with Gasteiger partial charge < -0.3 is 14.8 Å². The van der Waals surface area contributed by atoms with Gasteiger partial charge in [0.15, 0.2) is 5.78 Å². The maximum Gasteiger partial charge on any atom is 0.257 e. The molecule has 0 unspecified atom stereocenters. The summed E-state index contributed by atoms with van der Waals surface area (Å²) in [5.74, 6) is -0.464. The van der Waals surface area contributed by atoms with Crippen LogP contribution in [0.3, 0.4) is 0 Å². The first-order valence-electron chi connectivity index (χ1n) is 8.91. The lowest BCUT2D eigenvalue weighted by Gasteiger charge is -2.27. The SMILES string of the molecule is CC[C@@](O)(C(C)=O)c1cc2n(c(=O)c1CO)Cc1cc3ccccc3nc1-2. The number of benzene rings is 1. The highest BCUT2D eigenvalue weighted by Crippen LogP contribution is 2.36. The molecule has 3 heterocycles. The van der Waals surface area contributed by atoms with Gasteiger partial charge in [-0.15, -0.1) is 0 Å². The minimum atomic E-state index is -1.81. The minimum absolute atomic E-state index is 0.0515. The van der Waals surface area contributed by atoms with E-state index in [0.717, 1.165) is 16.5 Å². The van der Waals surface area contributed by atoms with Gasteiger partial charge in [0.05, 0.1) is 30.1 Å². The van der Waals surface area contributed by atoms with Gasteiger partial charge in [-0.3, -0.25) is 9.59 Å². The normalized spacial score (nSPS) is 14.7. The van der Waals surface area contributed by atoms with Crippen molar-refractivity contribution in [3.63, 3.8) is 0 Å². The minimum Gasteiger partial charge on any atom is -0.391 e. The Balaban J connectivity index is 2.03. The van der Waals surface area contributed by atoms with E-state index in [2.05, 4.69) is 0 Å². The number of hydrogen-bond donors (Lipinski definition) is 2. The molecule has 27 heavy (non-hydrogen) atoms. The third-order valence-electron chi connectivity index (χ3n) is 5.47. The van der Waals surface area contributed by atoms with E-state index >= 15 is 0 Å². The number of aliphatic hydroxyl groups is 2. The highest BCUT2D eigenvalue weighted by molar-refractivity contribution is 5.88. The van der Waals surface area contributed by atoms with Gasteiger partial charge in [0.1, 0.15) is 5.60 Å². The second-order valence-electron chi connectivity index (χ2n) is 6.93. The second kappa shape index (κ2) is 6.11. The maximum atomic E-state index is 13.0. The summed E-state index contributed by atoms with van der Waals surface area (Å²) < 4.78 is 1.54. The predicted octanol–water partition coefficient (Wildman–Crippen LogP) is 2.10. The van der Waals surface area contributed by atoms with E-state index in [9.17, 15) is 19.8 Å². The topological polar surface area (TPSA) is 92.4 Å². The Labute approximate surface area is 155 Å². The second-order valence-corrected chi connectivity index (χ2v) is 6.93. The summed E-state index contributed by atoms with van der Waals surface area (Å²) in [4.78, 5) is 29.9. The fourth-order valence-corrected chi connectivity index (χ4v) is 3.87. The van der Waals surface area contributed by atoms with E-state index in [1.54, 1.807) is 17.6 Å². The number of pyridine rings is 2. The Bertz CT molecular complexity index is 1150. The van der Waals surface area contributed by atoms with Gasteiger partial charge in [0.25, 0.3) is 5.56 Å². The summed E-state index contributed by atoms with van der Waals surface area (Å²) in [5, 5.41) is 21.7. The van der Waals surface area contributed by atoms with E-state index in [4.69, 9.17) is 4.98 Å². The molecule has 0 saturated heterocycles. The van der Waals surface area contributed by atoms with Crippen molar-refractivity contribution in [2.45, 2.75) is 39.0 Å². The zero-order valence-corrected chi connectivity index (χ0v) is 15.2. The number of nitrogens with zero attached hydrogens (tertiary/aromatic N) is 2. The first kappa shape index (κ1) is 17.6. The third kappa shape index (κ3) is 2.44. The van der Waals surface area contributed by atoms with Gasteiger partial charge in [-0.2, -0.15) is 0 Å². The summed E-state index contributed by atoms with van der Waals surface area (Å²) >= 11 is 0. The lowest BCUT2D eigenvalue weighted by atomic mass is 9.84. The lowest BCUT2D eigenvalue weighted by molar-refractivity contribution is -0.136. The first-order valence-corrected chi connectivity index (χ1v) is 8.91. The van der Waals surface area contributed by atoms with Crippen LogP contribution in [0.25, 0.3) is 22.3 Å². The van der Waals surface area contributed by atoms with Crippen LogP contribution in [0.4, 0.5) is 0 Å². The summed E-state index contributed by atoms with van der Waals surface area (Å²) in [6, 6.07) is 11.3. The number of hydrogen-bond acceptors (Lipinski definition) is 5. The predicted molar refractivity (Wildman–Crippen MR) is 101 cm³/mol. The summed E-state index contributed by atoms with van der Waals surface area (Å²) in [5.41, 5.74) is 0.929. The molecule has 138 valence electrons. The number of rotatable bonds is 4. The number of Topliss-reactive ketones (excluding diaryl/α,β-unsaturated/α-hetero) is 1. The van der Waals surface area contributed by atoms with Crippen molar-refractivity contribution < 1.29 is 15.0 Å². The molecule has 0 radical (unpaired) electrons. The summed E-state index contributed by atoms with van der Waals surface area (Å²) in [7, 11) is 0. The zero-order valence-electron chi connectivity index (χ0n) is 15.2. The smallest absolute Gasteiger partial charge is 0.257 e. The molecular formula is C21H20N2O4. The fourth-order valence-electron chi connectivity index (χ4n) is 3.87. The largest absolute Gasteiger partial charge is 0.391 e. The van der Waals surface area contributed by atoms with Crippen molar-refractivity contribution in [2.75, 3.05) is 0 Å². The Kier molecular flexibility index (Phi) is 3.98. The van der Waals surface area contributed by atoms with Crippen molar-refractivity contribution in [1.82, 2.24) is 9.55 Å². The van der Waals surface area contributed by atoms with Crippen molar-refractivity contribution in [3.05, 3.63) is 63.4 Å². The maximum absolute atomic E-state index is 13.0. The van der Waals surface area contributed by atoms with Gasteiger partial charge in [-0.25, -0.2) is 4.98 Å². The Hall–Kier alpha value is -2.83. The number of carbonyl (C=O) groups is 1. The quantitative estimate of drug-likeness (QED) is 0.579. The van der Waals surface area contributed by atoms with Gasteiger partial charge in [0, 0.05) is 22.1 Å². The van der Waals surface area contributed by atoms with Crippen LogP contribution in [-0.4, -0.2) is 25.5 Å². The number of aromatic nitrogens is 2. The Morgan fingerprint density at radius 1 is 1.30 bits per heavy atom. The van der Waals surface area contributed by atoms with Crippen molar-refractivity contribution in [3.8, 4) is 11.4 Å². The molecule has 0 aliphatic carbocycles. The van der Waals surface area contributed by atoms with Crippen molar-refractivity contribution in [2.24, 2.45) is 0 Å². The molecular weight excluding hydrogens is 344 g/mol. The molecule has 1 atom stereocenters. The van der Waals surface area contributed by atoms with Gasteiger partial charge in [-0.05, 0) is 31.5 Å². The average molecular weight is 364 g/mol. The van der Waals surface area contributed by atoms with Crippen LogP contribution < -0.4 is 5.56 Å². The van der Waals surface area contributed by atoms with Crippen LogP contribution in [0.2, 0.25) is 0 Å². The number of para-hydroxylation sites is 1. The van der Waals surface area contributed by atoms with Crippen LogP contribution in [0.5, 0.6) is 0 Å². The highest BCUT2D eigenvalue weighted by Gasteiger charge is 2.38. The van der Waals surface area contributed by atoms with Crippen LogP contribution in [-0.2, 0) is 23.5 Å². The van der Waals surface area contributed by atoms with E-state index in [1.165, 1.54) is 6.92 Å². The van der Waals surface area contributed by atoms with E-state index in [0.29, 0.717) is 17.9 Å². The Morgan fingerprint density at radius 3 is 2.70 bits per heavy atom. The monoisotopic (exact) mass is 364 g/mol. The fraction of sp³-hybridized carbons (Fsp3) is 0.286. The average Bonchev–Trinajstić information content (AvgIpc) is 3.03. The molecule has 6 heteroatoms. The molecule has 0 saturated carbocycles. The van der Waals surface area contributed by atoms with Gasteiger partial charge in [0.2, 0.25) is 0 Å².